The predicted octanol–water partition coefficient (Wildman–Crippen LogP) is 3.90. The first kappa shape index (κ1) is 19.7. The number of nitrogens with zero attached hydrogens (tertiary/aromatic N) is 4. The minimum atomic E-state index is 0.224. The number of pyridine rings is 1. The van der Waals surface area contributed by atoms with Crippen LogP contribution < -0.4 is 0 Å². The number of imidazole rings is 1. The Morgan fingerprint density at radius 3 is 2.73 bits per heavy atom. The van der Waals surface area contributed by atoms with Gasteiger partial charge in [-0.2, -0.15) is 0 Å². The second-order valence-corrected chi connectivity index (χ2v) is 8.77. The van der Waals surface area contributed by atoms with Crippen LogP contribution in [0.5, 0.6) is 0 Å². The normalized spacial score (nSPS) is 19.8. The van der Waals surface area contributed by atoms with Gasteiger partial charge in [-0.25, -0.2) is 4.98 Å². The van der Waals surface area contributed by atoms with E-state index in [1.165, 1.54) is 22.4 Å². The van der Waals surface area contributed by atoms with Crippen LogP contribution in [0.15, 0.2) is 49.1 Å². The molecule has 0 spiro atoms. The summed E-state index contributed by atoms with van der Waals surface area (Å²) in [5.41, 5.74) is 6.50. The lowest BCUT2D eigenvalue weighted by molar-refractivity contribution is 0.107. The number of nitrogens with one attached hydrogen (secondary N) is 1. The van der Waals surface area contributed by atoms with Crippen molar-refractivity contribution in [1.82, 2.24) is 24.8 Å². The largest absolute Gasteiger partial charge is 0.351 e. The highest BCUT2D eigenvalue weighted by molar-refractivity contribution is 6.30. The number of fused-ring (bicyclic) bond motifs is 2. The highest BCUT2D eigenvalue weighted by Gasteiger charge is 2.32. The Morgan fingerprint density at radius 2 is 1.90 bits per heavy atom. The van der Waals surface area contributed by atoms with Gasteiger partial charge in [-0.1, -0.05) is 23.7 Å². The maximum atomic E-state index is 6.34. The highest BCUT2D eigenvalue weighted by atomic mass is 35.5. The SMILES string of the molecule is Clc1ccc2c(c1)CCc1cccnc1C2N1CCN(CCCc2c[nH]cn2)CC1. The molecule has 1 saturated heterocycles. The summed E-state index contributed by atoms with van der Waals surface area (Å²) in [7, 11) is 0. The number of halogens is 1. The van der Waals surface area contributed by atoms with E-state index in [2.05, 4.69) is 44.0 Å². The van der Waals surface area contributed by atoms with E-state index in [1.54, 1.807) is 6.33 Å². The van der Waals surface area contributed by atoms with Gasteiger partial charge in [0, 0.05) is 43.6 Å². The minimum absolute atomic E-state index is 0.224. The van der Waals surface area contributed by atoms with Crippen LogP contribution >= 0.6 is 11.6 Å². The molecular formula is C24H28ClN5. The van der Waals surface area contributed by atoms with Gasteiger partial charge in [-0.15, -0.1) is 0 Å². The van der Waals surface area contributed by atoms with Gasteiger partial charge in [-0.05, 0) is 67.1 Å². The molecule has 30 heavy (non-hydrogen) atoms. The van der Waals surface area contributed by atoms with E-state index < -0.39 is 0 Å². The van der Waals surface area contributed by atoms with Crippen molar-refractivity contribution in [2.24, 2.45) is 0 Å². The molecule has 1 fully saturated rings. The molecule has 1 atom stereocenters. The van der Waals surface area contributed by atoms with Crippen LogP contribution in [-0.4, -0.2) is 57.5 Å². The Morgan fingerprint density at radius 1 is 1.03 bits per heavy atom. The summed E-state index contributed by atoms with van der Waals surface area (Å²) in [6, 6.07) is 10.9. The molecule has 3 heterocycles. The summed E-state index contributed by atoms with van der Waals surface area (Å²) >= 11 is 6.34. The standard InChI is InChI=1S/C24H28ClN5/c25-20-7-8-22-19(15-20)6-5-18-3-1-9-27-23(18)24(22)30-13-11-29(12-14-30)10-2-4-21-16-26-17-28-21/h1,3,7-9,15-17,24H,2,4-6,10-14H2,(H,26,28). The molecule has 5 nitrogen and oxygen atoms in total. The molecule has 0 amide bonds. The Hall–Kier alpha value is -2.21. The van der Waals surface area contributed by atoms with E-state index in [0.29, 0.717) is 0 Å². The zero-order valence-corrected chi connectivity index (χ0v) is 18.0. The molecule has 156 valence electrons. The van der Waals surface area contributed by atoms with Crippen LogP contribution in [0.3, 0.4) is 0 Å². The molecule has 0 saturated carbocycles. The van der Waals surface area contributed by atoms with Crippen molar-refractivity contribution in [1.29, 1.82) is 0 Å². The van der Waals surface area contributed by atoms with Crippen molar-refractivity contribution in [3.05, 3.63) is 82.2 Å². The minimum Gasteiger partial charge on any atom is -0.351 e. The van der Waals surface area contributed by atoms with Crippen LogP contribution in [0.1, 0.15) is 40.5 Å². The molecule has 2 aliphatic rings. The molecule has 0 bridgehead atoms. The summed E-state index contributed by atoms with van der Waals surface area (Å²) in [6.07, 6.45) is 9.95. The Bertz CT molecular complexity index is 979. The number of piperazine rings is 1. The van der Waals surface area contributed by atoms with Crippen molar-refractivity contribution in [2.75, 3.05) is 32.7 Å². The molecule has 0 radical (unpaired) electrons. The maximum Gasteiger partial charge on any atom is 0.0923 e. The van der Waals surface area contributed by atoms with E-state index in [4.69, 9.17) is 16.6 Å². The zero-order chi connectivity index (χ0) is 20.3. The summed E-state index contributed by atoms with van der Waals surface area (Å²) < 4.78 is 0. The maximum absolute atomic E-state index is 6.34. The number of H-pyrrole nitrogens is 1. The smallest absolute Gasteiger partial charge is 0.0923 e. The molecule has 3 aromatic rings. The Labute approximate surface area is 183 Å². The van der Waals surface area contributed by atoms with E-state index in [1.807, 2.05) is 18.5 Å². The average Bonchev–Trinajstić information content (AvgIpc) is 3.23. The lowest BCUT2D eigenvalue weighted by atomic mass is 9.96. The quantitative estimate of drug-likeness (QED) is 0.678. The van der Waals surface area contributed by atoms with E-state index in [-0.39, 0.29) is 6.04 Å². The fourth-order valence-electron chi connectivity index (χ4n) is 4.91. The molecular weight excluding hydrogens is 394 g/mol. The number of hydrogen-bond acceptors (Lipinski definition) is 4. The fourth-order valence-corrected chi connectivity index (χ4v) is 5.10. The second kappa shape index (κ2) is 8.88. The molecule has 1 aliphatic carbocycles. The summed E-state index contributed by atoms with van der Waals surface area (Å²) in [5, 5.41) is 0.827. The Balaban J connectivity index is 1.31. The fraction of sp³-hybridized carbons (Fsp3) is 0.417. The molecule has 1 N–H and O–H groups in total. The number of rotatable bonds is 5. The van der Waals surface area contributed by atoms with Crippen molar-refractivity contribution in [3.63, 3.8) is 0 Å². The molecule has 6 heteroatoms. The lowest BCUT2D eigenvalue weighted by Gasteiger charge is -2.39. The van der Waals surface area contributed by atoms with E-state index >= 15 is 0 Å². The number of hydrogen-bond donors (Lipinski definition) is 1. The van der Waals surface area contributed by atoms with Gasteiger partial charge in [-0.3, -0.25) is 9.88 Å². The second-order valence-electron chi connectivity index (χ2n) is 8.34. The zero-order valence-electron chi connectivity index (χ0n) is 17.2. The average molecular weight is 422 g/mol. The predicted molar refractivity (Wildman–Crippen MR) is 120 cm³/mol. The molecule has 1 aromatic carbocycles. The number of benzene rings is 1. The third kappa shape index (κ3) is 4.15. The van der Waals surface area contributed by atoms with Gasteiger partial charge in [0.25, 0.3) is 0 Å². The molecule has 2 aromatic heterocycles. The van der Waals surface area contributed by atoms with Crippen LogP contribution in [-0.2, 0) is 19.3 Å². The monoisotopic (exact) mass is 421 g/mol. The number of aromatic amines is 1. The van der Waals surface area contributed by atoms with Crippen LogP contribution in [0, 0.1) is 0 Å². The van der Waals surface area contributed by atoms with Gasteiger partial charge >= 0.3 is 0 Å². The molecule has 1 unspecified atom stereocenters. The van der Waals surface area contributed by atoms with Crippen molar-refractivity contribution in [3.8, 4) is 0 Å². The lowest BCUT2D eigenvalue weighted by Crippen LogP contribution is -2.48. The third-order valence-corrected chi connectivity index (χ3v) is 6.72. The molecule has 5 rings (SSSR count). The third-order valence-electron chi connectivity index (χ3n) is 6.48. The van der Waals surface area contributed by atoms with Gasteiger partial charge in [0.05, 0.1) is 23.8 Å². The van der Waals surface area contributed by atoms with Crippen molar-refractivity contribution < 1.29 is 0 Å². The first-order chi connectivity index (χ1) is 14.8. The van der Waals surface area contributed by atoms with Crippen molar-refractivity contribution >= 4 is 11.6 Å². The van der Waals surface area contributed by atoms with Gasteiger partial charge < -0.3 is 9.88 Å². The highest BCUT2D eigenvalue weighted by Crippen LogP contribution is 2.37. The first-order valence-electron chi connectivity index (χ1n) is 10.9. The van der Waals surface area contributed by atoms with E-state index in [0.717, 1.165) is 69.1 Å². The van der Waals surface area contributed by atoms with Crippen LogP contribution in [0.25, 0.3) is 0 Å². The van der Waals surface area contributed by atoms with Crippen LogP contribution in [0.2, 0.25) is 5.02 Å². The van der Waals surface area contributed by atoms with E-state index in [9.17, 15) is 0 Å². The topological polar surface area (TPSA) is 48.1 Å². The first-order valence-corrected chi connectivity index (χ1v) is 11.3. The van der Waals surface area contributed by atoms with Crippen molar-refractivity contribution in [2.45, 2.75) is 31.7 Å². The summed E-state index contributed by atoms with van der Waals surface area (Å²) in [6.45, 7) is 5.45. The summed E-state index contributed by atoms with van der Waals surface area (Å²) in [4.78, 5) is 17.4. The number of aryl methyl sites for hydroxylation is 3. The Kier molecular flexibility index (Phi) is 5.84. The van der Waals surface area contributed by atoms with Gasteiger partial charge in [0.1, 0.15) is 0 Å². The van der Waals surface area contributed by atoms with Gasteiger partial charge in [0.2, 0.25) is 0 Å². The van der Waals surface area contributed by atoms with Crippen LogP contribution in [0.4, 0.5) is 0 Å². The van der Waals surface area contributed by atoms with Gasteiger partial charge in [0.15, 0.2) is 0 Å². The number of aromatic nitrogens is 3. The summed E-state index contributed by atoms with van der Waals surface area (Å²) in [5.74, 6) is 0. The molecule has 1 aliphatic heterocycles.